The Labute approximate surface area is 254 Å². The molecule has 0 radical (unpaired) electrons. The van der Waals surface area contributed by atoms with Crippen LogP contribution in [0, 0.1) is 0 Å². The van der Waals surface area contributed by atoms with Gasteiger partial charge < -0.3 is 23.7 Å². The topological polar surface area (TPSA) is 90.3 Å². The predicted molar refractivity (Wildman–Crippen MR) is 167 cm³/mol. The zero-order valence-corrected chi connectivity index (χ0v) is 26.0. The summed E-state index contributed by atoms with van der Waals surface area (Å²) in [5.74, 6) is -0.563. The Morgan fingerprint density at radius 3 is 2.14 bits per heavy atom. The molecule has 0 saturated carbocycles. The van der Waals surface area contributed by atoms with Crippen LogP contribution >= 0.6 is 0 Å². The molecule has 2 aromatic carbocycles. The van der Waals surface area contributed by atoms with Crippen LogP contribution in [-0.2, 0) is 9.47 Å². The molecule has 0 fully saturated rings. The fraction of sp³-hybridized carbons (Fsp3) is 0.441. The molecular weight excluding hydrogens is 546 g/mol. The number of nitrogens with zero attached hydrogens (tertiary/aromatic N) is 3. The highest BCUT2D eigenvalue weighted by Crippen LogP contribution is 2.41. The van der Waals surface area contributed by atoms with Crippen molar-refractivity contribution in [2.24, 2.45) is 0 Å². The highest BCUT2D eigenvalue weighted by atomic mass is 16.6. The number of carbonyl (C=O) groups excluding carboxylic acids is 2. The lowest BCUT2D eigenvalue weighted by molar-refractivity contribution is 0.0580. The van der Waals surface area contributed by atoms with Crippen molar-refractivity contribution < 1.29 is 23.8 Å². The van der Waals surface area contributed by atoms with Gasteiger partial charge in [0.2, 0.25) is 5.43 Å². The zero-order chi connectivity index (χ0) is 31.1. The van der Waals surface area contributed by atoms with Crippen molar-refractivity contribution in [3.8, 4) is 5.75 Å². The Morgan fingerprint density at radius 1 is 1.00 bits per heavy atom. The van der Waals surface area contributed by atoms with Crippen LogP contribution in [0.1, 0.15) is 74.1 Å². The van der Waals surface area contributed by atoms with Gasteiger partial charge in [-0.05, 0) is 38.3 Å². The lowest BCUT2D eigenvalue weighted by atomic mass is 9.83. The molecule has 1 aromatic heterocycles. The molecule has 0 saturated heterocycles. The van der Waals surface area contributed by atoms with E-state index in [2.05, 4.69) is 24.3 Å². The highest BCUT2D eigenvalue weighted by Gasteiger charge is 2.40. The smallest absolute Gasteiger partial charge is 0.414 e. The van der Waals surface area contributed by atoms with Gasteiger partial charge in [0.15, 0.2) is 11.4 Å². The van der Waals surface area contributed by atoms with Gasteiger partial charge in [-0.1, -0.05) is 74.0 Å². The van der Waals surface area contributed by atoms with Gasteiger partial charge in [0, 0.05) is 39.4 Å². The fourth-order valence-corrected chi connectivity index (χ4v) is 5.35. The Balaban J connectivity index is 1.99. The van der Waals surface area contributed by atoms with Gasteiger partial charge in [-0.2, -0.15) is 0 Å². The highest BCUT2D eigenvalue weighted by molar-refractivity contribution is 5.97. The second-order valence-electron chi connectivity index (χ2n) is 11.8. The summed E-state index contributed by atoms with van der Waals surface area (Å²) in [6, 6.07) is 19.9. The van der Waals surface area contributed by atoms with E-state index < -0.39 is 17.1 Å². The van der Waals surface area contributed by atoms with Crippen LogP contribution in [0.3, 0.4) is 0 Å². The Hall–Kier alpha value is -4.11. The first kappa shape index (κ1) is 31.8. The summed E-state index contributed by atoms with van der Waals surface area (Å²) in [5.41, 5.74) is 1.06. The Kier molecular flexibility index (Phi) is 10.3. The lowest BCUT2D eigenvalue weighted by Gasteiger charge is -2.41. The van der Waals surface area contributed by atoms with E-state index in [1.54, 1.807) is 39.0 Å². The molecule has 1 aliphatic rings. The van der Waals surface area contributed by atoms with Crippen molar-refractivity contribution in [2.45, 2.75) is 58.1 Å². The van der Waals surface area contributed by atoms with Gasteiger partial charge in [-0.25, -0.2) is 4.79 Å². The lowest BCUT2D eigenvalue weighted by Crippen LogP contribution is -2.48. The van der Waals surface area contributed by atoms with Crippen molar-refractivity contribution in [2.75, 3.05) is 45.4 Å². The molecule has 9 nitrogen and oxygen atoms in total. The number of aromatic nitrogens is 1. The van der Waals surface area contributed by atoms with Crippen molar-refractivity contribution in [1.29, 1.82) is 0 Å². The predicted octanol–water partition coefficient (Wildman–Crippen LogP) is 5.87. The minimum Gasteiger partial charge on any atom is -0.487 e. The van der Waals surface area contributed by atoms with Crippen LogP contribution in [0.4, 0.5) is 10.5 Å². The number of hydrogen-bond donors (Lipinski definition) is 0. The molecule has 4 rings (SSSR count). The van der Waals surface area contributed by atoms with Gasteiger partial charge >= 0.3 is 6.09 Å². The Bertz CT molecular complexity index is 1410. The number of amides is 2. The summed E-state index contributed by atoms with van der Waals surface area (Å²) in [6.07, 6.45) is 2.49. The molecule has 1 aliphatic heterocycles. The van der Waals surface area contributed by atoms with E-state index in [9.17, 15) is 14.4 Å². The third-order valence-corrected chi connectivity index (χ3v) is 7.47. The van der Waals surface area contributed by atoms with Crippen LogP contribution in [-0.4, -0.2) is 67.5 Å². The van der Waals surface area contributed by atoms with E-state index >= 15 is 0 Å². The van der Waals surface area contributed by atoms with E-state index in [0.717, 1.165) is 17.5 Å². The second kappa shape index (κ2) is 13.9. The molecule has 230 valence electrons. The molecule has 2 heterocycles. The molecular formula is C34H43N3O6. The largest absolute Gasteiger partial charge is 0.487 e. The first-order chi connectivity index (χ1) is 20.6. The maximum atomic E-state index is 14.1. The minimum absolute atomic E-state index is 0.0571. The molecule has 0 spiro atoms. The summed E-state index contributed by atoms with van der Waals surface area (Å²) in [5, 5.41) is 0. The number of methoxy groups -OCH3 is 1. The number of rotatable bonds is 11. The van der Waals surface area contributed by atoms with Gasteiger partial charge in [-0.3, -0.25) is 14.5 Å². The molecule has 43 heavy (non-hydrogen) atoms. The number of ether oxygens (including phenoxy) is 3. The first-order valence-electron chi connectivity index (χ1n) is 14.8. The van der Waals surface area contributed by atoms with Crippen LogP contribution < -0.4 is 15.1 Å². The summed E-state index contributed by atoms with van der Waals surface area (Å²) < 4.78 is 18.9. The quantitative estimate of drug-likeness (QED) is 0.260. The number of fused-ring (bicyclic) bond motifs is 1. The van der Waals surface area contributed by atoms with E-state index in [-0.39, 0.29) is 41.6 Å². The molecule has 3 aromatic rings. The van der Waals surface area contributed by atoms with Crippen LogP contribution in [0.2, 0.25) is 0 Å². The van der Waals surface area contributed by atoms with Gasteiger partial charge in [0.25, 0.3) is 5.91 Å². The number of benzene rings is 2. The maximum Gasteiger partial charge on any atom is 0.414 e. The van der Waals surface area contributed by atoms with E-state index in [0.29, 0.717) is 26.1 Å². The van der Waals surface area contributed by atoms with Crippen molar-refractivity contribution in [3.05, 3.63) is 93.9 Å². The maximum absolute atomic E-state index is 14.1. The molecule has 2 amide bonds. The van der Waals surface area contributed by atoms with E-state index in [4.69, 9.17) is 14.2 Å². The van der Waals surface area contributed by atoms with Gasteiger partial charge in [0.1, 0.15) is 11.3 Å². The van der Waals surface area contributed by atoms with Gasteiger partial charge in [0.05, 0.1) is 19.3 Å². The number of carbonyl (C=O) groups is 2. The second-order valence-corrected chi connectivity index (χ2v) is 11.8. The van der Waals surface area contributed by atoms with Crippen molar-refractivity contribution in [3.63, 3.8) is 0 Å². The van der Waals surface area contributed by atoms with Crippen molar-refractivity contribution in [1.82, 2.24) is 9.47 Å². The molecule has 0 unspecified atom stereocenters. The van der Waals surface area contributed by atoms with E-state index in [1.807, 2.05) is 47.9 Å². The van der Waals surface area contributed by atoms with E-state index in [1.165, 1.54) is 11.9 Å². The molecule has 1 atom stereocenters. The minimum atomic E-state index is -0.762. The van der Waals surface area contributed by atoms with Crippen LogP contribution in [0.15, 0.2) is 71.7 Å². The SMILES string of the molecule is CCCCOc1c2n(cc(N(C)C(=O)OC(C)(C)C)c1=O)[C@@H](C(c1ccccc1)c1ccccc1)CN(CCOC)C2=O. The molecule has 9 heteroatoms. The monoisotopic (exact) mass is 589 g/mol. The van der Waals surface area contributed by atoms with Gasteiger partial charge in [-0.15, -0.1) is 0 Å². The van der Waals surface area contributed by atoms with Crippen LogP contribution in [0.25, 0.3) is 0 Å². The standard InChI is InChI=1S/C34H43N3O6/c1-7-8-20-42-31-29-32(39)36(19-21-41-6)22-26(28(24-15-11-9-12-16-24)25-17-13-10-14-18-25)37(29)23-27(30(31)38)35(5)33(40)43-34(2,3)4/h9-18,23,26,28H,7-8,19-22H2,1-6H3/t26-/m1/s1. The number of unbranched alkanes of at least 4 members (excludes halogenated alkanes) is 1. The third-order valence-electron chi connectivity index (χ3n) is 7.47. The summed E-state index contributed by atoms with van der Waals surface area (Å²) in [4.78, 5) is 44.2. The number of anilines is 1. The first-order valence-corrected chi connectivity index (χ1v) is 14.8. The van der Waals surface area contributed by atoms with Crippen LogP contribution in [0.5, 0.6) is 5.75 Å². The Morgan fingerprint density at radius 2 is 1.60 bits per heavy atom. The summed E-state index contributed by atoms with van der Waals surface area (Å²) >= 11 is 0. The average Bonchev–Trinajstić information content (AvgIpc) is 2.98. The molecule has 0 N–H and O–H groups in total. The number of hydrogen-bond acceptors (Lipinski definition) is 6. The average molecular weight is 590 g/mol. The summed E-state index contributed by atoms with van der Waals surface area (Å²) in [6.45, 7) is 8.64. The molecule has 0 bridgehead atoms. The fourth-order valence-electron chi connectivity index (χ4n) is 5.35. The number of pyridine rings is 1. The zero-order valence-electron chi connectivity index (χ0n) is 26.0. The summed E-state index contributed by atoms with van der Waals surface area (Å²) in [7, 11) is 3.10. The molecule has 0 aliphatic carbocycles. The third kappa shape index (κ3) is 7.28. The van der Waals surface area contributed by atoms with Crippen molar-refractivity contribution >= 4 is 17.7 Å². The normalized spacial score (nSPS) is 14.9.